The van der Waals surface area contributed by atoms with Crippen LogP contribution in [-0.4, -0.2) is 58.1 Å². The third-order valence-corrected chi connectivity index (χ3v) is 6.79. The summed E-state index contributed by atoms with van der Waals surface area (Å²) in [5.41, 5.74) is 2.62. The zero-order chi connectivity index (χ0) is 27.2. The van der Waals surface area contributed by atoms with Gasteiger partial charge in [-0.3, -0.25) is 9.59 Å². The number of benzene rings is 3. The van der Waals surface area contributed by atoms with Crippen LogP contribution in [0.2, 0.25) is 0 Å². The van der Waals surface area contributed by atoms with Crippen molar-refractivity contribution in [3.05, 3.63) is 89.7 Å². The molecule has 1 aromatic heterocycles. The molecule has 1 N–H and O–H groups in total. The quantitative estimate of drug-likeness (QED) is 0.336. The molecule has 39 heavy (non-hydrogen) atoms. The van der Waals surface area contributed by atoms with Gasteiger partial charge in [-0.05, 0) is 60.4 Å². The number of aromatic nitrogens is 3. The van der Waals surface area contributed by atoms with Crippen molar-refractivity contribution < 1.29 is 23.5 Å². The maximum atomic E-state index is 14.0. The SMILES string of the molecule is COc1cccc([C@H](C(=O)NC[C@@H]2CCCO2)N(Cc2ccc(F)cc2)C(=O)Cn2nnc3ccccc32)c1. The van der Waals surface area contributed by atoms with Crippen LogP contribution in [0.1, 0.15) is 30.0 Å². The summed E-state index contributed by atoms with van der Waals surface area (Å²) in [4.78, 5) is 29.3. The van der Waals surface area contributed by atoms with Crippen molar-refractivity contribution in [1.82, 2.24) is 25.2 Å². The van der Waals surface area contributed by atoms with E-state index >= 15 is 0 Å². The Morgan fingerprint density at radius 2 is 1.97 bits per heavy atom. The number of nitrogens with one attached hydrogen (secondary N) is 1. The summed E-state index contributed by atoms with van der Waals surface area (Å²) in [7, 11) is 1.54. The number of carbonyl (C=O) groups excluding carboxylic acids is 2. The number of para-hydroxylation sites is 1. The minimum absolute atomic E-state index is 0.0670. The molecule has 10 heteroatoms. The third-order valence-electron chi connectivity index (χ3n) is 6.79. The first-order valence-electron chi connectivity index (χ1n) is 12.9. The zero-order valence-corrected chi connectivity index (χ0v) is 21.6. The average molecular weight is 532 g/mol. The van der Waals surface area contributed by atoms with Gasteiger partial charge >= 0.3 is 0 Å². The molecular formula is C29H30FN5O4. The van der Waals surface area contributed by atoms with E-state index in [9.17, 15) is 14.0 Å². The molecule has 202 valence electrons. The lowest BCUT2D eigenvalue weighted by atomic mass is 10.0. The Labute approximate surface area is 225 Å². The highest BCUT2D eigenvalue weighted by atomic mass is 19.1. The average Bonchev–Trinajstić information content (AvgIpc) is 3.63. The van der Waals surface area contributed by atoms with E-state index in [2.05, 4.69) is 15.6 Å². The molecule has 1 aliphatic heterocycles. The molecular weight excluding hydrogens is 501 g/mol. The van der Waals surface area contributed by atoms with Crippen LogP contribution in [0.5, 0.6) is 5.75 Å². The van der Waals surface area contributed by atoms with Crippen molar-refractivity contribution in [2.24, 2.45) is 0 Å². The number of amides is 2. The van der Waals surface area contributed by atoms with Gasteiger partial charge in [-0.15, -0.1) is 5.10 Å². The Kier molecular flexibility index (Phi) is 8.12. The van der Waals surface area contributed by atoms with Crippen LogP contribution in [0, 0.1) is 5.82 Å². The van der Waals surface area contributed by atoms with Gasteiger partial charge in [-0.1, -0.05) is 41.6 Å². The Balaban J connectivity index is 1.51. The van der Waals surface area contributed by atoms with E-state index in [0.717, 1.165) is 12.8 Å². The van der Waals surface area contributed by atoms with Crippen LogP contribution in [0.3, 0.4) is 0 Å². The second kappa shape index (κ2) is 12.0. The summed E-state index contributed by atoms with van der Waals surface area (Å²) < 4.78 is 26.3. The number of carbonyl (C=O) groups is 2. The topological polar surface area (TPSA) is 98.6 Å². The largest absolute Gasteiger partial charge is 0.497 e. The van der Waals surface area contributed by atoms with Gasteiger partial charge in [0.2, 0.25) is 11.8 Å². The summed E-state index contributed by atoms with van der Waals surface area (Å²) in [6.07, 6.45) is 1.74. The molecule has 9 nitrogen and oxygen atoms in total. The lowest BCUT2D eigenvalue weighted by Gasteiger charge is -2.32. The molecule has 0 saturated carbocycles. The molecule has 0 bridgehead atoms. The molecule has 2 heterocycles. The van der Waals surface area contributed by atoms with E-state index in [0.29, 0.717) is 41.1 Å². The van der Waals surface area contributed by atoms with Crippen molar-refractivity contribution in [1.29, 1.82) is 0 Å². The number of hydrogen-bond acceptors (Lipinski definition) is 6. The molecule has 5 rings (SSSR count). The molecule has 1 saturated heterocycles. The van der Waals surface area contributed by atoms with Crippen LogP contribution in [-0.2, 0) is 27.4 Å². The minimum Gasteiger partial charge on any atom is -0.497 e. The van der Waals surface area contributed by atoms with E-state index in [4.69, 9.17) is 9.47 Å². The van der Waals surface area contributed by atoms with Gasteiger partial charge in [-0.2, -0.15) is 0 Å². The maximum Gasteiger partial charge on any atom is 0.247 e. The predicted molar refractivity (Wildman–Crippen MR) is 142 cm³/mol. The minimum atomic E-state index is -0.992. The van der Waals surface area contributed by atoms with Crippen molar-refractivity contribution in [3.63, 3.8) is 0 Å². The van der Waals surface area contributed by atoms with E-state index in [1.807, 2.05) is 24.3 Å². The van der Waals surface area contributed by atoms with Crippen molar-refractivity contribution in [2.45, 2.75) is 38.1 Å². The third kappa shape index (κ3) is 6.23. The highest BCUT2D eigenvalue weighted by Crippen LogP contribution is 2.28. The Hall–Kier alpha value is -4.31. The number of rotatable bonds is 10. The monoisotopic (exact) mass is 531 g/mol. The molecule has 0 aliphatic carbocycles. The smallest absolute Gasteiger partial charge is 0.247 e. The number of halogens is 1. The maximum absolute atomic E-state index is 14.0. The normalized spacial score (nSPS) is 15.7. The zero-order valence-electron chi connectivity index (χ0n) is 21.6. The Bertz CT molecular complexity index is 1440. The molecule has 2 atom stereocenters. The number of ether oxygens (including phenoxy) is 2. The number of nitrogens with zero attached hydrogens (tertiary/aromatic N) is 4. The summed E-state index contributed by atoms with van der Waals surface area (Å²) >= 11 is 0. The second-order valence-corrected chi connectivity index (χ2v) is 9.44. The van der Waals surface area contributed by atoms with Crippen LogP contribution >= 0.6 is 0 Å². The van der Waals surface area contributed by atoms with Gasteiger partial charge in [-0.25, -0.2) is 9.07 Å². The van der Waals surface area contributed by atoms with Gasteiger partial charge < -0.3 is 19.7 Å². The molecule has 1 fully saturated rings. The Morgan fingerprint density at radius 1 is 1.15 bits per heavy atom. The first kappa shape index (κ1) is 26.3. The fourth-order valence-corrected chi connectivity index (χ4v) is 4.76. The standard InChI is InChI=1S/C29H30FN5O4/c1-38-23-7-4-6-21(16-23)28(29(37)31-17-24-8-5-15-39-24)34(18-20-11-13-22(30)14-12-20)27(36)19-35-26-10-3-2-9-25(26)32-33-35/h2-4,6-7,9-14,16,24,28H,5,8,15,17-19H2,1H3,(H,31,37)/t24-,28+/m0/s1. The van der Waals surface area contributed by atoms with E-state index in [1.54, 1.807) is 43.5 Å². The molecule has 4 aromatic rings. The fourth-order valence-electron chi connectivity index (χ4n) is 4.76. The molecule has 0 unspecified atom stereocenters. The van der Waals surface area contributed by atoms with Crippen molar-refractivity contribution in [2.75, 3.05) is 20.3 Å². The van der Waals surface area contributed by atoms with Gasteiger partial charge in [0.25, 0.3) is 0 Å². The predicted octanol–water partition coefficient (Wildman–Crippen LogP) is 3.64. The van der Waals surface area contributed by atoms with Crippen molar-refractivity contribution in [3.8, 4) is 5.75 Å². The number of hydrogen-bond donors (Lipinski definition) is 1. The van der Waals surface area contributed by atoms with Crippen LogP contribution in [0.25, 0.3) is 11.0 Å². The molecule has 0 radical (unpaired) electrons. The van der Waals surface area contributed by atoms with Crippen LogP contribution in [0.4, 0.5) is 4.39 Å². The first-order valence-corrected chi connectivity index (χ1v) is 12.9. The molecule has 0 spiro atoms. The Morgan fingerprint density at radius 3 is 2.74 bits per heavy atom. The number of fused-ring (bicyclic) bond motifs is 1. The number of methoxy groups -OCH3 is 1. The van der Waals surface area contributed by atoms with E-state index < -0.39 is 6.04 Å². The lowest BCUT2D eigenvalue weighted by Crippen LogP contribution is -2.46. The van der Waals surface area contributed by atoms with Gasteiger partial charge in [0, 0.05) is 19.7 Å². The molecule has 3 aromatic carbocycles. The van der Waals surface area contributed by atoms with E-state index in [1.165, 1.54) is 21.7 Å². The second-order valence-electron chi connectivity index (χ2n) is 9.44. The van der Waals surface area contributed by atoms with Crippen LogP contribution in [0.15, 0.2) is 72.8 Å². The van der Waals surface area contributed by atoms with Gasteiger partial charge in [0.15, 0.2) is 0 Å². The van der Waals surface area contributed by atoms with Gasteiger partial charge in [0.05, 0.1) is 18.7 Å². The van der Waals surface area contributed by atoms with Crippen molar-refractivity contribution >= 4 is 22.8 Å². The summed E-state index contributed by atoms with van der Waals surface area (Å²) in [6, 6.07) is 19.3. The molecule has 1 aliphatic rings. The van der Waals surface area contributed by atoms with E-state index in [-0.39, 0.29) is 36.8 Å². The lowest BCUT2D eigenvalue weighted by molar-refractivity contribution is -0.142. The summed E-state index contributed by atoms with van der Waals surface area (Å²) in [5, 5.41) is 11.3. The molecule has 2 amide bonds. The highest BCUT2D eigenvalue weighted by molar-refractivity contribution is 5.89. The fraction of sp³-hybridized carbons (Fsp3) is 0.310. The highest BCUT2D eigenvalue weighted by Gasteiger charge is 2.33. The first-order chi connectivity index (χ1) is 19.0. The van der Waals surface area contributed by atoms with Crippen LogP contribution < -0.4 is 10.1 Å². The summed E-state index contributed by atoms with van der Waals surface area (Å²) in [6.45, 7) is 0.939. The summed E-state index contributed by atoms with van der Waals surface area (Å²) in [5.74, 6) is -0.530. The van der Waals surface area contributed by atoms with Gasteiger partial charge in [0.1, 0.15) is 29.7 Å².